The van der Waals surface area contributed by atoms with Crippen LogP contribution in [0.2, 0.25) is 0 Å². The summed E-state index contributed by atoms with van der Waals surface area (Å²) in [6, 6.07) is 22.7. The second-order valence-electron chi connectivity index (χ2n) is 5.98. The molecule has 4 rings (SSSR count). The van der Waals surface area contributed by atoms with Gasteiger partial charge in [0.15, 0.2) is 10.3 Å². The van der Waals surface area contributed by atoms with Crippen molar-refractivity contribution < 1.29 is 0 Å². The quantitative estimate of drug-likeness (QED) is 0.354. The Morgan fingerprint density at radius 2 is 1.50 bits per heavy atom. The van der Waals surface area contributed by atoms with Gasteiger partial charge in [-0.3, -0.25) is 4.79 Å². The SMILES string of the molecule is C[S+](C)c1cccc(-c2ccc3sc4ccccc4c(=O)c3c2)c1. The molecule has 0 radical (unpaired) electrons. The minimum absolute atomic E-state index is 0.128. The van der Waals surface area contributed by atoms with Crippen molar-refractivity contribution in [1.82, 2.24) is 0 Å². The van der Waals surface area contributed by atoms with Gasteiger partial charge in [-0.15, -0.1) is 11.3 Å². The fourth-order valence-corrected chi connectivity index (χ4v) is 4.68. The maximum absolute atomic E-state index is 12.9. The van der Waals surface area contributed by atoms with E-state index in [1.165, 1.54) is 10.5 Å². The summed E-state index contributed by atoms with van der Waals surface area (Å²) in [5, 5.41) is 1.62. The monoisotopic (exact) mass is 349 g/mol. The molecular formula is C21H17OS2+. The summed E-state index contributed by atoms with van der Waals surface area (Å²) in [5.74, 6) is 0. The van der Waals surface area contributed by atoms with Gasteiger partial charge in [-0.25, -0.2) is 0 Å². The Kier molecular flexibility index (Phi) is 3.91. The first-order chi connectivity index (χ1) is 11.6. The van der Waals surface area contributed by atoms with Gasteiger partial charge in [-0.1, -0.05) is 30.3 Å². The molecule has 3 heteroatoms. The summed E-state index contributed by atoms with van der Waals surface area (Å²) in [6.45, 7) is 0. The van der Waals surface area contributed by atoms with Gasteiger partial charge in [0.1, 0.15) is 12.5 Å². The van der Waals surface area contributed by atoms with Crippen LogP contribution in [0.3, 0.4) is 0 Å². The minimum Gasteiger partial charge on any atom is -0.289 e. The zero-order chi connectivity index (χ0) is 16.7. The van der Waals surface area contributed by atoms with E-state index in [1.54, 1.807) is 11.3 Å². The molecule has 0 saturated heterocycles. The van der Waals surface area contributed by atoms with Gasteiger partial charge in [-0.2, -0.15) is 0 Å². The number of hydrogen-bond acceptors (Lipinski definition) is 2. The average Bonchev–Trinajstić information content (AvgIpc) is 2.62. The molecule has 0 aliphatic carbocycles. The fraction of sp³-hybridized carbons (Fsp3) is 0.0952. The first kappa shape index (κ1) is 15.4. The molecule has 0 aliphatic heterocycles. The van der Waals surface area contributed by atoms with Crippen molar-refractivity contribution in [2.24, 2.45) is 0 Å². The van der Waals surface area contributed by atoms with Crippen LogP contribution in [0.1, 0.15) is 0 Å². The van der Waals surface area contributed by atoms with E-state index in [-0.39, 0.29) is 16.3 Å². The van der Waals surface area contributed by atoms with Gasteiger partial charge in [-0.05, 0) is 41.5 Å². The summed E-state index contributed by atoms with van der Waals surface area (Å²) < 4.78 is 2.09. The lowest BCUT2D eigenvalue weighted by Crippen LogP contribution is -2.01. The Hall–Kier alpha value is -2.10. The van der Waals surface area contributed by atoms with Crippen molar-refractivity contribution >= 4 is 42.4 Å². The Morgan fingerprint density at radius 1 is 0.750 bits per heavy atom. The second-order valence-corrected chi connectivity index (χ2v) is 9.17. The molecule has 0 N–H and O–H groups in total. The lowest BCUT2D eigenvalue weighted by Gasteiger charge is -2.06. The predicted octanol–water partition coefficient (Wildman–Crippen LogP) is 5.32. The van der Waals surface area contributed by atoms with Crippen molar-refractivity contribution in [3.05, 3.63) is 77.0 Å². The molecule has 0 spiro atoms. The highest BCUT2D eigenvalue weighted by Crippen LogP contribution is 2.29. The van der Waals surface area contributed by atoms with Crippen LogP contribution in [-0.4, -0.2) is 12.5 Å². The molecule has 24 heavy (non-hydrogen) atoms. The molecule has 1 aromatic heterocycles. The van der Waals surface area contributed by atoms with Gasteiger partial charge in [0.2, 0.25) is 0 Å². The summed E-state index contributed by atoms with van der Waals surface area (Å²) in [7, 11) is 0.227. The zero-order valence-electron chi connectivity index (χ0n) is 13.6. The smallest absolute Gasteiger partial charge is 0.195 e. The Balaban J connectivity index is 1.95. The van der Waals surface area contributed by atoms with E-state index in [2.05, 4.69) is 48.9 Å². The van der Waals surface area contributed by atoms with Crippen LogP contribution in [0.5, 0.6) is 0 Å². The van der Waals surface area contributed by atoms with E-state index in [0.29, 0.717) is 0 Å². The molecule has 0 saturated carbocycles. The third kappa shape index (κ3) is 2.64. The predicted molar refractivity (Wildman–Crippen MR) is 109 cm³/mol. The van der Waals surface area contributed by atoms with E-state index in [4.69, 9.17) is 0 Å². The Labute approximate surface area is 147 Å². The normalized spacial score (nSPS) is 11.5. The standard InChI is InChI=1S/C21H17OS2/c1-24(2)16-7-5-6-14(12-16)15-10-11-20-18(13-15)21(22)17-8-3-4-9-19(17)23-20/h3-13H,1-2H3/q+1. The molecule has 0 fully saturated rings. The first-order valence-electron chi connectivity index (χ1n) is 7.77. The first-order valence-corrected chi connectivity index (χ1v) is 10.6. The highest BCUT2D eigenvalue weighted by molar-refractivity contribution is 7.95. The highest BCUT2D eigenvalue weighted by Gasteiger charge is 2.11. The van der Waals surface area contributed by atoms with E-state index in [9.17, 15) is 4.79 Å². The van der Waals surface area contributed by atoms with Gasteiger partial charge in [0.05, 0.1) is 0 Å². The number of hydrogen-bond donors (Lipinski definition) is 0. The summed E-state index contributed by atoms with van der Waals surface area (Å²) in [4.78, 5) is 14.2. The van der Waals surface area contributed by atoms with Crippen LogP contribution >= 0.6 is 11.3 Å². The largest absolute Gasteiger partial charge is 0.289 e. The second kappa shape index (κ2) is 6.08. The van der Waals surface area contributed by atoms with E-state index in [0.717, 1.165) is 25.7 Å². The summed E-state index contributed by atoms with van der Waals surface area (Å²) in [5.41, 5.74) is 2.41. The molecule has 1 heterocycles. The van der Waals surface area contributed by atoms with E-state index in [1.807, 2.05) is 30.3 Å². The maximum Gasteiger partial charge on any atom is 0.195 e. The van der Waals surface area contributed by atoms with E-state index < -0.39 is 0 Å². The molecule has 0 aliphatic rings. The zero-order valence-corrected chi connectivity index (χ0v) is 15.2. The van der Waals surface area contributed by atoms with Gasteiger partial charge >= 0.3 is 0 Å². The average molecular weight is 350 g/mol. The molecule has 118 valence electrons. The van der Waals surface area contributed by atoms with Crippen LogP contribution in [0.4, 0.5) is 0 Å². The molecular weight excluding hydrogens is 332 g/mol. The third-order valence-corrected chi connectivity index (χ3v) is 6.56. The fourth-order valence-electron chi connectivity index (χ4n) is 2.91. The van der Waals surface area contributed by atoms with Crippen LogP contribution in [0.25, 0.3) is 31.3 Å². The van der Waals surface area contributed by atoms with Crippen LogP contribution in [0.15, 0.2) is 76.4 Å². The number of benzene rings is 3. The maximum atomic E-state index is 12.9. The van der Waals surface area contributed by atoms with E-state index >= 15 is 0 Å². The molecule has 0 bridgehead atoms. The Morgan fingerprint density at radius 3 is 2.33 bits per heavy atom. The number of fused-ring (bicyclic) bond motifs is 2. The molecule has 0 amide bonds. The highest BCUT2D eigenvalue weighted by atomic mass is 32.2. The molecule has 0 atom stereocenters. The Bertz CT molecular complexity index is 1110. The van der Waals surface area contributed by atoms with Crippen LogP contribution in [-0.2, 0) is 10.9 Å². The van der Waals surface area contributed by atoms with Gasteiger partial charge in [0, 0.05) is 37.1 Å². The topological polar surface area (TPSA) is 17.1 Å². The summed E-state index contributed by atoms with van der Waals surface area (Å²) in [6.07, 6.45) is 4.45. The molecule has 0 unspecified atom stereocenters. The third-order valence-electron chi connectivity index (χ3n) is 4.21. The van der Waals surface area contributed by atoms with Crippen molar-refractivity contribution in [2.45, 2.75) is 4.90 Å². The van der Waals surface area contributed by atoms with Crippen molar-refractivity contribution in [1.29, 1.82) is 0 Å². The van der Waals surface area contributed by atoms with Crippen LogP contribution in [0, 0.1) is 0 Å². The molecule has 4 aromatic rings. The lowest BCUT2D eigenvalue weighted by molar-refractivity contribution is 1.45. The number of rotatable bonds is 2. The van der Waals surface area contributed by atoms with Crippen LogP contribution < -0.4 is 5.43 Å². The van der Waals surface area contributed by atoms with Gasteiger partial charge < -0.3 is 0 Å². The summed E-state index contributed by atoms with van der Waals surface area (Å²) >= 11 is 1.68. The van der Waals surface area contributed by atoms with Gasteiger partial charge in [0.25, 0.3) is 0 Å². The van der Waals surface area contributed by atoms with Crippen molar-refractivity contribution in [2.75, 3.05) is 12.5 Å². The van der Waals surface area contributed by atoms with Crippen molar-refractivity contribution in [3.8, 4) is 11.1 Å². The van der Waals surface area contributed by atoms with Crippen molar-refractivity contribution in [3.63, 3.8) is 0 Å². The molecule has 3 aromatic carbocycles. The molecule has 1 nitrogen and oxygen atoms in total. The minimum atomic E-state index is 0.128. The lowest BCUT2D eigenvalue weighted by atomic mass is 10.0.